The third-order valence-corrected chi connectivity index (χ3v) is 5.76. The van der Waals surface area contributed by atoms with Crippen LogP contribution in [0.25, 0.3) is 11.6 Å². The summed E-state index contributed by atoms with van der Waals surface area (Å²) in [7, 11) is 1.75. The van der Waals surface area contributed by atoms with Gasteiger partial charge in [-0.25, -0.2) is 4.98 Å². The number of hydrogen-bond donors (Lipinski definition) is 2. The van der Waals surface area contributed by atoms with Gasteiger partial charge in [0.05, 0.1) is 12.1 Å². The summed E-state index contributed by atoms with van der Waals surface area (Å²) in [6, 6.07) is 6.86. The number of halogens is 3. The van der Waals surface area contributed by atoms with E-state index in [1.54, 1.807) is 25.4 Å². The first-order chi connectivity index (χ1) is 16.7. The molecule has 5 rings (SSSR count). The largest absolute Gasteiger partial charge is 0.416 e. The lowest BCUT2D eigenvalue weighted by Gasteiger charge is -2.28. The summed E-state index contributed by atoms with van der Waals surface area (Å²) in [5.74, 6) is 1.31. The van der Waals surface area contributed by atoms with Gasteiger partial charge in [-0.05, 0) is 48.4 Å². The molecule has 1 aromatic carbocycles. The first-order valence-corrected chi connectivity index (χ1v) is 10.8. The summed E-state index contributed by atoms with van der Waals surface area (Å²) in [6.07, 6.45) is 0.0997. The Bertz CT molecular complexity index is 1400. The normalized spacial score (nSPS) is 14.6. The van der Waals surface area contributed by atoms with E-state index in [-0.39, 0.29) is 5.69 Å². The number of benzene rings is 1. The number of anilines is 3. The van der Waals surface area contributed by atoms with Crippen LogP contribution in [0.1, 0.15) is 32.7 Å². The summed E-state index contributed by atoms with van der Waals surface area (Å²) < 4.78 is 39.1. The molecule has 0 unspecified atom stereocenters. The van der Waals surface area contributed by atoms with Gasteiger partial charge in [-0.3, -0.25) is 14.8 Å². The molecule has 3 aromatic rings. The highest BCUT2D eigenvalue weighted by molar-refractivity contribution is 6.36. The standard InChI is InChI=1S/C24H20F3N7O/c1-13-3-4-16(32-22(35)19-10-15(5-6-29-19)24(25,26)27)11-17(13)18-9-14-12-31-23(28-2)33-20(14)34-8-7-30-21(18)34/h3-6,9-12H,7-8H2,1-2H3,(H,32,35)(H,28,31,33). The molecule has 2 N–H and O–H groups in total. The fourth-order valence-corrected chi connectivity index (χ4v) is 4.04. The first-order valence-electron chi connectivity index (χ1n) is 10.8. The second kappa shape index (κ2) is 8.49. The molecule has 0 radical (unpaired) electrons. The lowest BCUT2D eigenvalue weighted by molar-refractivity contribution is -0.137. The molecule has 8 nitrogen and oxygen atoms in total. The molecule has 0 atom stereocenters. The van der Waals surface area contributed by atoms with Crippen LogP contribution in [-0.2, 0) is 6.18 Å². The van der Waals surface area contributed by atoms with Crippen molar-refractivity contribution in [2.24, 2.45) is 4.99 Å². The zero-order valence-electron chi connectivity index (χ0n) is 18.8. The van der Waals surface area contributed by atoms with Crippen molar-refractivity contribution in [3.63, 3.8) is 0 Å². The SMILES string of the molecule is CNc1ncc2c(n1)N1CCN=C1C(c1cc(NC(=O)c3cc(C(F)(F)F)ccn3)ccc1C)=C2. The zero-order valence-corrected chi connectivity index (χ0v) is 18.8. The van der Waals surface area contributed by atoms with E-state index < -0.39 is 17.6 Å². The van der Waals surface area contributed by atoms with Crippen LogP contribution in [0.3, 0.4) is 0 Å². The third kappa shape index (κ3) is 4.20. The minimum absolute atomic E-state index is 0.323. The maximum absolute atomic E-state index is 13.0. The van der Waals surface area contributed by atoms with Gasteiger partial charge in [0.2, 0.25) is 5.95 Å². The molecule has 0 fully saturated rings. The molecule has 2 aliphatic heterocycles. The van der Waals surface area contributed by atoms with Crippen molar-refractivity contribution in [3.05, 3.63) is 70.7 Å². The quantitative estimate of drug-likeness (QED) is 0.581. The maximum atomic E-state index is 13.0. The number of alkyl halides is 3. The lowest BCUT2D eigenvalue weighted by Crippen LogP contribution is -2.32. The van der Waals surface area contributed by atoms with Crippen LogP contribution in [0.2, 0.25) is 0 Å². The number of nitrogens with zero attached hydrogens (tertiary/aromatic N) is 5. The number of rotatable bonds is 4. The number of aryl methyl sites for hydroxylation is 1. The molecule has 11 heteroatoms. The minimum Gasteiger partial charge on any atom is -0.357 e. The fourth-order valence-electron chi connectivity index (χ4n) is 4.04. The molecule has 2 aliphatic rings. The van der Waals surface area contributed by atoms with Crippen molar-refractivity contribution < 1.29 is 18.0 Å². The van der Waals surface area contributed by atoms with Gasteiger partial charge in [0.25, 0.3) is 5.91 Å². The van der Waals surface area contributed by atoms with Crippen LogP contribution in [-0.4, -0.2) is 46.8 Å². The number of aliphatic imine (C=N–C) groups is 1. The van der Waals surface area contributed by atoms with Gasteiger partial charge < -0.3 is 15.5 Å². The molecule has 0 bridgehead atoms. The Balaban J connectivity index is 1.49. The van der Waals surface area contributed by atoms with Crippen molar-refractivity contribution in [1.29, 1.82) is 0 Å². The van der Waals surface area contributed by atoms with Crippen molar-refractivity contribution in [2.45, 2.75) is 13.1 Å². The molecule has 178 valence electrons. The lowest BCUT2D eigenvalue weighted by atomic mass is 9.94. The number of amides is 1. The average molecular weight is 479 g/mol. The van der Waals surface area contributed by atoms with E-state index >= 15 is 0 Å². The van der Waals surface area contributed by atoms with Crippen molar-refractivity contribution in [2.75, 3.05) is 35.7 Å². The van der Waals surface area contributed by atoms with E-state index in [1.807, 2.05) is 24.0 Å². The monoisotopic (exact) mass is 479 g/mol. The number of nitrogens with one attached hydrogen (secondary N) is 2. The van der Waals surface area contributed by atoms with Gasteiger partial charge in [0, 0.05) is 42.8 Å². The van der Waals surface area contributed by atoms with Crippen LogP contribution in [0, 0.1) is 6.92 Å². The molecule has 0 spiro atoms. The predicted octanol–water partition coefficient (Wildman–Crippen LogP) is 4.27. The number of carbonyl (C=O) groups excluding carboxylic acids is 1. The molecule has 2 aromatic heterocycles. The summed E-state index contributed by atoms with van der Waals surface area (Å²) in [4.78, 5) is 32.0. The number of hydrogen-bond acceptors (Lipinski definition) is 7. The maximum Gasteiger partial charge on any atom is 0.416 e. The summed E-state index contributed by atoms with van der Waals surface area (Å²) >= 11 is 0. The van der Waals surface area contributed by atoms with Crippen molar-refractivity contribution in [1.82, 2.24) is 15.0 Å². The van der Waals surface area contributed by atoms with E-state index in [4.69, 9.17) is 0 Å². The van der Waals surface area contributed by atoms with Crippen molar-refractivity contribution in [3.8, 4) is 0 Å². The molecule has 35 heavy (non-hydrogen) atoms. The Morgan fingerprint density at radius 1 is 1.14 bits per heavy atom. The molecular formula is C24H20F3N7O. The second-order valence-electron chi connectivity index (χ2n) is 8.05. The highest BCUT2D eigenvalue weighted by Crippen LogP contribution is 2.37. The van der Waals surface area contributed by atoms with Crippen molar-refractivity contribution >= 4 is 40.8 Å². The Hall–Kier alpha value is -4.28. The molecule has 4 heterocycles. The number of aromatic nitrogens is 3. The number of pyridine rings is 1. The number of carbonyl (C=O) groups is 1. The van der Waals surface area contributed by atoms with Gasteiger partial charge >= 0.3 is 6.18 Å². The number of amidine groups is 1. The van der Waals surface area contributed by atoms with E-state index in [1.165, 1.54) is 0 Å². The van der Waals surface area contributed by atoms with Gasteiger partial charge in [-0.1, -0.05) is 6.07 Å². The van der Waals surface area contributed by atoms with Crippen LogP contribution < -0.4 is 15.5 Å². The number of fused-ring (bicyclic) bond motifs is 3. The summed E-state index contributed by atoms with van der Waals surface area (Å²) in [5, 5.41) is 5.60. The van der Waals surface area contributed by atoms with Crippen LogP contribution in [0.4, 0.5) is 30.6 Å². The third-order valence-electron chi connectivity index (χ3n) is 5.76. The van der Waals surface area contributed by atoms with Gasteiger partial charge in [0.1, 0.15) is 17.3 Å². The Morgan fingerprint density at radius 2 is 1.97 bits per heavy atom. The van der Waals surface area contributed by atoms with Crippen LogP contribution in [0.5, 0.6) is 0 Å². The Kier molecular flexibility index (Phi) is 5.46. The molecule has 1 amide bonds. The van der Waals surface area contributed by atoms with E-state index in [0.717, 1.165) is 52.2 Å². The van der Waals surface area contributed by atoms with Gasteiger partial charge in [0.15, 0.2) is 0 Å². The topological polar surface area (TPSA) is 95.4 Å². The van der Waals surface area contributed by atoms with Crippen LogP contribution >= 0.6 is 0 Å². The van der Waals surface area contributed by atoms with E-state index in [9.17, 15) is 18.0 Å². The first kappa shape index (κ1) is 22.5. The molecule has 0 saturated carbocycles. The minimum atomic E-state index is -4.57. The van der Waals surface area contributed by atoms with Gasteiger partial charge in [-0.2, -0.15) is 18.2 Å². The Morgan fingerprint density at radius 3 is 2.74 bits per heavy atom. The second-order valence-corrected chi connectivity index (χ2v) is 8.05. The van der Waals surface area contributed by atoms with Crippen LogP contribution in [0.15, 0.2) is 47.7 Å². The molecule has 0 aliphatic carbocycles. The van der Waals surface area contributed by atoms with Gasteiger partial charge in [-0.15, -0.1) is 0 Å². The fraction of sp³-hybridized carbons (Fsp3) is 0.208. The smallest absolute Gasteiger partial charge is 0.357 e. The zero-order chi connectivity index (χ0) is 24.7. The summed E-state index contributed by atoms with van der Waals surface area (Å²) in [6.45, 7) is 3.23. The highest BCUT2D eigenvalue weighted by atomic mass is 19.4. The highest BCUT2D eigenvalue weighted by Gasteiger charge is 2.32. The predicted molar refractivity (Wildman–Crippen MR) is 127 cm³/mol. The molecular weight excluding hydrogens is 459 g/mol. The average Bonchev–Trinajstić information content (AvgIpc) is 3.34. The Labute approximate surface area is 198 Å². The molecule has 0 saturated heterocycles. The van der Waals surface area contributed by atoms with E-state index in [2.05, 4.69) is 30.6 Å². The summed E-state index contributed by atoms with van der Waals surface area (Å²) in [5.41, 5.74) is 2.62. The van der Waals surface area contributed by atoms with E-state index in [0.29, 0.717) is 24.7 Å².